The summed E-state index contributed by atoms with van der Waals surface area (Å²) >= 11 is 1.57. The van der Waals surface area contributed by atoms with Crippen LogP contribution in [0.1, 0.15) is 19.5 Å². The molecule has 0 aliphatic heterocycles. The summed E-state index contributed by atoms with van der Waals surface area (Å²) in [4.78, 5) is 17.3. The molecule has 18 heavy (non-hydrogen) atoms. The molecule has 0 aliphatic carbocycles. The predicted octanol–water partition coefficient (Wildman–Crippen LogP) is 2.69. The fourth-order valence-electron chi connectivity index (χ4n) is 1.76. The van der Waals surface area contributed by atoms with Crippen molar-refractivity contribution in [3.05, 3.63) is 36.1 Å². The summed E-state index contributed by atoms with van der Waals surface area (Å²) < 4.78 is 7.04. The van der Waals surface area contributed by atoms with Crippen LogP contribution >= 0.6 is 11.3 Å². The van der Waals surface area contributed by atoms with E-state index >= 15 is 0 Å². The van der Waals surface area contributed by atoms with Gasteiger partial charge in [-0.15, -0.1) is 17.9 Å². The summed E-state index contributed by atoms with van der Waals surface area (Å²) in [6.07, 6.45) is 6.03. The Kier molecular flexibility index (Phi) is 3.52. The van der Waals surface area contributed by atoms with Crippen molar-refractivity contribution in [1.82, 2.24) is 9.38 Å². The number of ether oxygens (including phenoxy) is 1. The Morgan fingerprint density at radius 3 is 3.11 bits per heavy atom. The zero-order chi connectivity index (χ0) is 13.2. The van der Waals surface area contributed by atoms with E-state index < -0.39 is 5.41 Å². The summed E-state index contributed by atoms with van der Waals surface area (Å²) in [5, 5.41) is 1.98. The highest BCUT2D eigenvalue weighted by Gasteiger charge is 2.32. The molecule has 2 aromatic rings. The highest BCUT2D eigenvalue weighted by atomic mass is 32.1. The van der Waals surface area contributed by atoms with E-state index in [1.165, 1.54) is 0 Å². The van der Waals surface area contributed by atoms with Gasteiger partial charge in [-0.2, -0.15) is 0 Å². The third kappa shape index (κ3) is 2.31. The van der Waals surface area contributed by atoms with Crippen molar-refractivity contribution < 1.29 is 9.53 Å². The number of hydrogen-bond acceptors (Lipinski definition) is 4. The number of hydrogen-bond donors (Lipinski definition) is 0. The lowest BCUT2D eigenvalue weighted by atomic mass is 9.86. The molecule has 4 nitrogen and oxygen atoms in total. The molecule has 0 fully saturated rings. The molecule has 2 aromatic heterocycles. The van der Waals surface area contributed by atoms with Crippen LogP contribution in [0.5, 0.6) is 0 Å². The fraction of sp³-hybridized carbons (Fsp3) is 0.385. The molecular formula is C13H16N2O2S. The van der Waals surface area contributed by atoms with Gasteiger partial charge in [0.2, 0.25) is 0 Å². The van der Waals surface area contributed by atoms with E-state index in [1.54, 1.807) is 24.3 Å². The summed E-state index contributed by atoms with van der Waals surface area (Å²) in [6.45, 7) is 7.74. The van der Waals surface area contributed by atoms with Gasteiger partial charge in [-0.3, -0.25) is 9.20 Å². The van der Waals surface area contributed by atoms with Gasteiger partial charge in [0.15, 0.2) is 4.96 Å². The van der Waals surface area contributed by atoms with Crippen molar-refractivity contribution in [2.24, 2.45) is 5.41 Å². The molecular weight excluding hydrogens is 248 g/mol. The van der Waals surface area contributed by atoms with E-state index in [4.69, 9.17) is 4.74 Å². The second kappa shape index (κ2) is 4.94. The molecule has 0 saturated heterocycles. The summed E-state index contributed by atoms with van der Waals surface area (Å²) in [5.41, 5.74) is 0.150. The van der Waals surface area contributed by atoms with Gasteiger partial charge in [0.25, 0.3) is 0 Å². The van der Waals surface area contributed by atoms with Crippen LogP contribution in [-0.4, -0.2) is 22.0 Å². The Morgan fingerprint density at radius 1 is 1.72 bits per heavy atom. The van der Waals surface area contributed by atoms with Crippen molar-refractivity contribution in [2.75, 3.05) is 6.61 Å². The highest BCUT2D eigenvalue weighted by molar-refractivity contribution is 7.15. The normalized spacial score (nSPS) is 14.3. The Bertz CT molecular complexity index is 544. The van der Waals surface area contributed by atoms with Crippen LogP contribution < -0.4 is 0 Å². The molecule has 0 aromatic carbocycles. The average Bonchev–Trinajstić information content (AvgIpc) is 2.89. The van der Waals surface area contributed by atoms with Crippen LogP contribution in [-0.2, 0) is 16.0 Å². The molecule has 1 unspecified atom stereocenters. The monoisotopic (exact) mass is 264 g/mol. The van der Waals surface area contributed by atoms with Gasteiger partial charge in [-0.25, -0.2) is 4.98 Å². The van der Waals surface area contributed by atoms with Crippen LogP contribution in [0, 0.1) is 5.41 Å². The molecule has 0 bridgehead atoms. The van der Waals surface area contributed by atoms with Crippen molar-refractivity contribution in [2.45, 2.75) is 20.3 Å². The Morgan fingerprint density at radius 2 is 2.50 bits per heavy atom. The number of aromatic nitrogens is 2. The van der Waals surface area contributed by atoms with Gasteiger partial charge in [-0.1, -0.05) is 6.08 Å². The number of rotatable bonds is 5. The standard InChI is InChI=1S/C13H16N2O2S/c1-4-13(3,11(16)17-5-2)8-10-9-15-6-7-18-12(15)14-10/h4,6-7,9H,1,5,8H2,2-3H3. The van der Waals surface area contributed by atoms with Gasteiger partial charge in [0.05, 0.1) is 17.7 Å². The van der Waals surface area contributed by atoms with Gasteiger partial charge in [0.1, 0.15) is 0 Å². The second-order valence-corrected chi connectivity index (χ2v) is 5.22. The topological polar surface area (TPSA) is 43.6 Å². The smallest absolute Gasteiger partial charge is 0.316 e. The largest absolute Gasteiger partial charge is 0.465 e. The molecule has 0 N–H and O–H groups in total. The summed E-state index contributed by atoms with van der Waals surface area (Å²) in [5.74, 6) is -0.253. The number of carbonyl (C=O) groups is 1. The maximum atomic E-state index is 11.9. The lowest BCUT2D eigenvalue weighted by molar-refractivity contribution is -0.151. The van der Waals surface area contributed by atoms with Crippen molar-refractivity contribution >= 4 is 22.3 Å². The molecule has 0 saturated carbocycles. The average molecular weight is 264 g/mol. The molecule has 0 radical (unpaired) electrons. The highest BCUT2D eigenvalue weighted by Crippen LogP contribution is 2.26. The molecule has 1 atom stereocenters. The van der Waals surface area contributed by atoms with Crippen molar-refractivity contribution in [1.29, 1.82) is 0 Å². The molecule has 0 aliphatic rings. The Balaban J connectivity index is 2.21. The zero-order valence-electron chi connectivity index (χ0n) is 10.5. The van der Waals surface area contributed by atoms with Crippen molar-refractivity contribution in [3.63, 3.8) is 0 Å². The van der Waals surface area contributed by atoms with Gasteiger partial charge >= 0.3 is 5.97 Å². The number of nitrogens with zero attached hydrogens (tertiary/aromatic N) is 2. The second-order valence-electron chi connectivity index (χ2n) is 4.34. The van der Waals surface area contributed by atoms with Gasteiger partial charge in [-0.05, 0) is 13.8 Å². The maximum Gasteiger partial charge on any atom is 0.316 e. The van der Waals surface area contributed by atoms with E-state index in [9.17, 15) is 4.79 Å². The molecule has 96 valence electrons. The molecule has 2 heterocycles. The predicted molar refractivity (Wildman–Crippen MR) is 71.7 cm³/mol. The van der Waals surface area contributed by atoms with E-state index in [1.807, 2.05) is 29.1 Å². The maximum absolute atomic E-state index is 11.9. The minimum atomic E-state index is -0.722. The van der Waals surface area contributed by atoms with E-state index in [-0.39, 0.29) is 5.97 Å². The molecule has 0 amide bonds. The Hall–Kier alpha value is -1.62. The number of esters is 1. The molecule has 0 spiro atoms. The first-order valence-corrected chi connectivity index (χ1v) is 6.69. The molecule has 5 heteroatoms. The lowest BCUT2D eigenvalue weighted by Crippen LogP contribution is -2.30. The first kappa shape index (κ1) is 12.8. The van der Waals surface area contributed by atoms with Crippen LogP contribution in [0.15, 0.2) is 30.4 Å². The zero-order valence-corrected chi connectivity index (χ0v) is 11.4. The van der Waals surface area contributed by atoms with Crippen LogP contribution in [0.4, 0.5) is 0 Å². The fourth-order valence-corrected chi connectivity index (χ4v) is 2.48. The third-order valence-electron chi connectivity index (χ3n) is 2.88. The quantitative estimate of drug-likeness (QED) is 0.616. The van der Waals surface area contributed by atoms with Crippen LogP contribution in [0.3, 0.4) is 0 Å². The number of thiazole rings is 1. The number of imidazole rings is 1. The summed E-state index contributed by atoms with van der Waals surface area (Å²) in [7, 11) is 0. The first-order valence-electron chi connectivity index (χ1n) is 5.81. The molecule has 2 rings (SSSR count). The minimum absolute atomic E-state index is 0.253. The van der Waals surface area contributed by atoms with E-state index in [0.717, 1.165) is 10.7 Å². The van der Waals surface area contributed by atoms with Crippen LogP contribution in [0.2, 0.25) is 0 Å². The number of fused-ring (bicyclic) bond motifs is 1. The Labute approximate surface area is 110 Å². The lowest BCUT2D eigenvalue weighted by Gasteiger charge is -2.22. The third-order valence-corrected chi connectivity index (χ3v) is 3.65. The van der Waals surface area contributed by atoms with E-state index in [2.05, 4.69) is 11.6 Å². The van der Waals surface area contributed by atoms with Gasteiger partial charge < -0.3 is 4.74 Å². The van der Waals surface area contributed by atoms with Crippen LogP contribution in [0.25, 0.3) is 4.96 Å². The SMILES string of the molecule is C=CC(C)(Cc1cn2ccsc2n1)C(=O)OCC. The summed E-state index contributed by atoms with van der Waals surface area (Å²) in [6, 6.07) is 0. The van der Waals surface area contributed by atoms with E-state index in [0.29, 0.717) is 13.0 Å². The minimum Gasteiger partial charge on any atom is -0.465 e. The first-order chi connectivity index (χ1) is 8.59. The number of carbonyl (C=O) groups excluding carboxylic acids is 1. The van der Waals surface area contributed by atoms with Crippen molar-refractivity contribution in [3.8, 4) is 0 Å². The van der Waals surface area contributed by atoms with Gasteiger partial charge in [0, 0.05) is 24.2 Å².